The van der Waals surface area contributed by atoms with Crippen molar-refractivity contribution in [3.05, 3.63) is 77.6 Å². The van der Waals surface area contributed by atoms with E-state index in [-0.39, 0.29) is 36.1 Å². The van der Waals surface area contributed by atoms with Gasteiger partial charge in [-0.2, -0.15) is 15.3 Å². The van der Waals surface area contributed by atoms with Gasteiger partial charge in [0, 0.05) is 44.7 Å². The maximum atomic E-state index is 13.7. The molecule has 3 heterocycles. The van der Waals surface area contributed by atoms with Crippen LogP contribution >= 0.6 is 0 Å². The maximum Gasteiger partial charge on any atom is 0.276 e. The lowest BCUT2D eigenvalue weighted by Crippen LogP contribution is -2.26. The molecule has 1 aromatic carbocycles. The molecule has 0 aliphatic rings. The van der Waals surface area contributed by atoms with E-state index in [0.717, 1.165) is 17.7 Å². The number of anilines is 1. The second-order valence-corrected chi connectivity index (χ2v) is 7.28. The molecule has 4 rings (SSSR count). The standard InChI is InChI=1S/C21H20F2N8O3/c1-29-11-13(9-25-29)8-24-21(33)19-17(10-26-30(19)2)27-20(32)16-5-6-31(28-16)12-34-18-4-3-14(22)7-15(18)23/h3-7,9-11H,8,12H2,1-2H3,(H,24,33)(H,27,32). The Hall–Kier alpha value is -4.55. The van der Waals surface area contributed by atoms with Crippen LogP contribution in [0.4, 0.5) is 14.5 Å². The summed E-state index contributed by atoms with van der Waals surface area (Å²) in [4.78, 5) is 25.3. The van der Waals surface area contributed by atoms with E-state index in [1.165, 1.54) is 27.8 Å². The molecule has 2 N–H and O–H groups in total. The average molecular weight is 470 g/mol. The van der Waals surface area contributed by atoms with Gasteiger partial charge in [-0.1, -0.05) is 0 Å². The van der Waals surface area contributed by atoms with Crippen molar-refractivity contribution in [2.75, 3.05) is 5.32 Å². The van der Waals surface area contributed by atoms with E-state index in [0.29, 0.717) is 6.07 Å². The number of carbonyl (C=O) groups is 2. The number of halogens is 2. The van der Waals surface area contributed by atoms with Gasteiger partial charge in [0.1, 0.15) is 11.5 Å². The van der Waals surface area contributed by atoms with Crippen molar-refractivity contribution in [1.82, 2.24) is 34.7 Å². The van der Waals surface area contributed by atoms with Crippen LogP contribution in [0.1, 0.15) is 26.5 Å². The number of carbonyl (C=O) groups excluding carboxylic acids is 2. The van der Waals surface area contributed by atoms with Gasteiger partial charge in [0.15, 0.2) is 24.0 Å². The van der Waals surface area contributed by atoms with E-state index >= 15 is 0 Å². The molecule has 11 nitrogen and oxygen atoms in total. The second kappa shape index (κ2) is 9.52. The highest BCUT2D eigenvalue weighted by Crippen LogP contribution is 2.18. The highest BCUT2D eigenvalue weighted by molar-refractivity contribution is 6.07. The molecule has 3 aromatic heterocycles. The summed E-state index contributed by atoms with van der Waals surface area (Å²) in [5.74, 6) is -2.74. The van der Waals surface area contributed by atoms with Gasteiger partial charge in [0.2, 0.25) is 0 Å². The summed E-state index contributed by atoms with van der Waals surface area (Å²) in [7, 11) is 3.35. The molecule has 0 saturated carbocycles. The average Bonchev–Trinajstić information content (AvgIpc) is 3.52. The first-order valence-electron chi connectivity index (χ1n) is 10.0. The first kappa shape index (κ1) is 22.6. The molecule has 176 valence electrons. The fourth-order valence-electron chi connectivity index (χ4n) is 3.10. The molecule has 0 aliphatic heterocycles. The van der Waals surface area contributed by atoms with E-state index in [4.69, 9.17) is 4.74 Å². The van der Waals surface area contributed by atoms with E-state index in [1.807, 2.05) is 0 Å². The molecular formula is C21H20F2N8O3. The summed E-state index contributed by atoms with van der Waals surface area (Å²) in [5.41, 5.74) is 1.22. The Morgan fingerprint density at radius 2 is 1.91 bits per heavy atom. The Balaban J connectivity index is 1.38. The number of ether oxygens (including phenoxy) is 1. The third-order valence-corrected chi connectivity index (χ3v) is 4.73. The third kappa shape index (κ3) is 5.09. The fraction of sp³-hybridized carbons (Fsp3) is 0.190. The van der Waals surface area contributed by atoms with Gasteiger partial charge < -0.3 is 15.4 Å². The highest BCUT2D eigenvalue weighted by atomic mass is 19.1. The Labute approximate surface area is 191 Å². The SMILES string of the molecule is Cn1cc(CNC(=O)c2c(NC(=O)c3ccn(COc4ccc(F)cc4F)n3)cnn2C)cn1. The van der Waals surface area contributed by atoms with E-state index in [2.05, 4.69) is 25.9 Å². The van der Waals surface area contributed by atoms with Gasteiger partial charge in [0.05, 0.1) is 18.1 Å². The molecule has 34 heavy (non-hydrogen) atoms. The largest absolute Gasteiger partial charge is 0.468 e. The fourth-order valence-corrected chi connectivity index (χ4v) is 3.10. The van der Waals surface area contributed by atoms with Crippen molar-refractivity contribution in [3.8, 4) is 5.75 Å². The van der Waals surface area contributed by atoms with E-state index < -0.39 is 23.4 Å². The smallest absolute Gasteiger partial charge is 0.276 e. The Kier molecular flexibility index (Phi) is 6.34. The topological polar surface area (TPSA) is 121 Å². The molecule has 0 spiro atoms. The minimum atomic E-state index is -0.851. The van der Waals surface area contributed by atoms with Gasteiger partial charge in [-0.3, -0.25) is 19.0 Å². The van der Waals surface area contributed by atoms with E-state index in [9.17, 15) is 18.4 Å². The molecule has 0 bridgehead atoms. The molecule has 0 radical (unpaired) electrons. The van der Waals surface area contributed by atoms with Gasteiger partial charge in [-0.25, -0.2) is 13.5 Å². The number of hydrogen-bond donors (Lipinski definition) is 2. The minimum absolute atomic E-state index is 0.0359. The van der Waals surface area contributed by atoms with Crippen molar-refractivity contribution < 1.29 is 23.1 Å². The predicted octanol–water partition coefficient (Wildman–Crippen LogP) is 1.85. The van der Waals surface area contributed by atoms with Gasteiger partial charge in [-0.05, 0) is 18.2 Å². The van der Waals surface area contributed by atoms with Crippen molar-refractivity contribution in [2.45, 2.75) is 13.3 Å². The number of rotatable bonds is 8. The molecule has 0 saturated heterocycles. The lowest BCUT2D eigenvalue weighted by Gasteiger charge is -2.08. The van der Waals surface area contributed by atoms with Crippen LogP contribution in [-0.2, 0) is 27.4 Å². The van der Waals surface area contributed by atoms with Crippen molar-refractivity contribution >= 4 is 17.5 Å². The van der Waals surface area contributed by atoms with Crippen molar-refractivity contribution in [1.29, 1.82) is 0 Å². The Morgan fingerprint density at radius 1 is 1.09 bits per heavy atom. The summed E-state index contributed by atoms with van der Waals surface area (Å²) in [6.45, 7) is 0.0506. The van der Waals surface area contributed by atoms with Crippen molar-refractivity contribution in [3.63, 3.8) is 0 Å². The quantitative estimate of drug-likeness (QED) is 0.406. The van der Waals surface area contributed by atoms with Crippen LogP contribution in [0.3, 0.4) is 0 Å². The molecule has 0 atom stereocenters. The van der Waals surface area contributed by atoms with E-state index in [1.54, 1.807) is 31.2 Å². The highest BCUT2D eigenvalue weighted by Gasteiger charge is 2.20. The zero-order valence-electron chi connectivity index (χ0n) is 18.2. The summed E-state index contributed by atoms with van der Waals surface area (Å²) in [5, 5.41) is 17.5. The number of hydrogen-bond acceptors (Lipinski definition) is 6. The Morgan fingerprint density at radius 3 is 2.65 bits per heavy atom. The lowest BCUT2D eigenvalue weighted by molar-refractivity contribution is 0.0942. The summed E-state index contributed by atoms with van der Waals surface area (Å²) < 4.78 is 36.2. The first-order chi connectivity index (χ1) is 16.3. The van der Waals surface area contributed by atoms with Crippen LogP contribution in [0.5, 0.6) is 5.75 Å². The Bertz CT molecular complexity index is 1340. The van der Waals surface area contributed by atoms with Crippen LogP contribution < -0.4 is 15.4 Å². The third-order valence-electron chi connectivity index (χ3n) is 4.73. The molecule has 4 aromatic rings. The van der Waals surface area contributed by atoms with Gasteiger partial charge in [-0.15, -0.1) is 0 Å². The number of nitrogens with zero attached hydrogens (tertiary/aromatic N) is 6. The van der Waals surface area contributed by atoms with Crippen LogP contribution in [0.25, 0.3) is 0 Å². The molecule has 0 fully saturated rings. The number of nitrogens with one attached hydrogen (secondary N) is 2. The monoisotopic (exact) mass is 470 g/mol. The van der Waals surface area contributed by atoms with Crippen LogP contribution in [-0.4, -0.2) is 41.2 Å². The second-order valence-electron chi connectivity index (χ2n) is 7.28. The number of aryl methyl sites for hydroxylation is 2. The maximum absolute atomic E-state index is 13.7. The summed E-state index contributed by atoms with van der Waals surface area (Å²) >= 11 is 0. The molecular weight excluding hydrogens is 450 g/mol. The normalized spacial score (nSPS) is 10.8. The van der Waals surface area contributed by atoms with Crippen LogP contribution in [0.15, 0.2) is 49.1 Å². The zero-order chi connectivity index (χ0) is 24.2. The number of aromatic nitrogens is 6. The lowest BCUT2D eigenvalue weighted by atomic mass is 10.3. The summed E-state index contributed by atoms with van der Waals surface area (Å²) in [6, 6.07) is 4.36. The van der Waals surface area contributed by atoms with Crippen molar-refractivity contribution in [2.24, 2.45) is 14.1 Å². The molecule has 2 amide bonds. The first-order valence-corrected chi connectivity index (χ1v) is 10.0. The minimum Gasteiger partial charge on any atom is -0.468 e. The zero-order valence-corrected chi connectivity index (χ0v) is 18.2. The molecule has 0 aliphatic carbocycles. The van der Waals surface area contributed by atoms with Gasteiger partial charge in [0.25, 0.3) is 11.8 Å². The van der Waals surface area contributed by atoms with Crippen LogP contribution in [0.2, 0.25) is 0 Å². The number of amides is 2. The predicted molar refractivity (Wildman–Crippen MR) is 115 cm³/mol. The number of benzene rings is 1. The molecule has 0 unspecified atom stereocenters. The summed E-state index contributed by atoms with van der Waals surface area (Å²) in [6.07, 6.45) is 6.23. The van der Waals surface area contributed by atoms with Gasteiger partial charge >= 0.3 is 0 Å². The molecule has 13 heteroatoms. The van der Waals surface area contributed by atoms with Crippen LogP contribution in [0, 0.1) is 11.6 Å².